The lowest BCUT2D eigenvalue weighted by Gasteiger charge is -2.29. The van der Waals surface area contributed by atoms with E-state index in [1.54, 1.807) is 23.5 Å². The van der Waals surface area contributed by atoms with Gasteiger partial charge in [0, 0.05) is 41.2 Å². The molecule has 3 heterocycles. The quantitative estimate of drug-likeness (QED) is 0.732. The number of hydrogen-bond donors (Lipinski definition) is 2. The highest BCUT2D eigenvalue weighted by Gasteiger charge is 2.28. The number of carbonyl (C=O) groups excluding carboxylic acids is 1. The predicted molar refractivity (Wildman–Crippen MR) is 97.8 cm³/mol. The van der Waals surface area contributed by atoms with Crippen molar-refractivity contribution in [1.29, 1.82) is 0 Å². The molecule has 1 unspecified atom stereocenters. The van der Waals surface area contributed by atoms with E-state index in [4.69, 9.17) is 33.4 Å². The molecule has 0 bridgehead atoms. The van der Waals surface area contributed by atoms with Crippen LogP contribution in [0.15, 0.2) is 35.1 Å². The van der Waals surface area contributed by atoms with Crippen molar-refractivity contribution in [3.63, 3.8) is 0 Å². The van der Waals surface area contributed by atoms with E-state index in [0.29, 0.717) is 29.6 Å². The maximum Gasteiger partial charge on any atom is 0.240 e. The number of carbonyl (C=O) groups is 1. The summed E-state index contributed by atoms with van der Waals surface area (Å²) in [6.45, 7) is 1.13. The molecule has 1 aromatic carbocycles. The summed E-state index contributed by atoms with van der Waals surface area (Å²) in [7, 11) is 0. The molecular weight excluding hydrogens is 361 g/mol. The van der Waals surface area contributed by atoms with Crippen molar-refractivity contribution in [2.75, 3.05) is 6.54 Å². The maximum absolute atomic E-state index is 12.7. The third-order valence-electron chi connectivity index (χ3n) is 4.67. The summed E-state index contributed by atoms with van der Waals surface area (Å²) in [6, 6.07) is 4.84. The lowest BCUT2D eigenvalue weighted by atomic mass is 10.0. The topological polar surface area (TPSA) is 75.3 Å². The standard InChI is InChI=1S/C18H17Cl2N3O2/c19-11-6-12-13-8-23(3-1-16(13)22-17(12)14(20)7-11)18(24)15(21)5-10-2-4-25-9-10/h2,4,6-7,9,15,22H,1,3,5,8,21H2. The fourth-order valence-electron chi connectivity index (χ4n) is 3.41. The number of amides is 1. The van der Waals surface area contributed by atoms with Gasteiger partial charge in [0.2, 0.25) is 5.91 Å². The summed E-state index contributed by atoms with van der Waals surface area (Å²) in [5.74, 6) is -0.0608. The Labute approximate surface area is 154 Å². The first kappa shape index (κ1) is 16.5. The smallest absolute Gasteiger partial charge is 0.240 e. The van der Waals surface area contributed by atoms with Crippen LogP contribution in [0.2, 0.25) is 10.0 Å². The molecule has 0 aliphatic carbocycles. The van der Waals surface area contributed by atoms with Crippen LogP contribution < -0.4 is 5.73 Å². The molecule has 1 atom stereocenters. The number of nitrogens with two attached hydrogens (primary N) is 1. The number of nitrogens with one attached hydrogen (secondary N) is 1. The second kappa shape index (κ2) is 6.41. The van der Waals surface area contributed by atoms with Gasteiger partial charge < -0.3 is 20.0 Å². The molecule has 2 aromatic heterocycles. The minimum absolute atomic E-state index is 0.0608. The van der Waals surface area contributed by atoms with E-state index in [1.807, 2.05) is 12.1 Å². The van der Waals surface area contributed by atoms with Gasteiger partial charge in [-0.15, -0.1) is 0 Å². The largest absolute Gasteiger partial charge is 0.472 e. The van der Waals surface area contributed by atoms with Gasteiger partial charge in [-0.1, -0.05) is 23.2 Å². The van der Waals surface area contributed by atoms with E-state index in [9.17, 15) is 4.79 Å². The monoisotopic (exact) mass is 377 g/mol. The molecule has 1 aliphatic heterocycles. The molecule has 1 aliphatic rings. The molecule has 0 saturated carbocycles. The van der Waals surface area contributed by atoms with E-state index in [0.717, 1.165) is 34.1 Å². The Morgan fingerprint density at radius 3 is 3.00 bits per heavy atom. The van der Waals surface area contributed by atoms with Crippen LogP contribution in [0.5, 0.6) is 0 Å². The van der Waals surface area contributed by atoms with E-state index >= 15 is 0 Å². The van der Waals surface area contributed by atoms with Crippen LogP contribution in [0.3, 0.4) is 0 Å². The Bertz CT molecular complexity index is 934. The third kappa shape index (κ3) is 3.03. The van der Waals surface area contributed by atoms with Crippen LogP contribution in [0.25, 0.3) is 10.9 Å². The second-order valence-corrected chi connectivity index (χ2v) is 7.19. The van der Waals surface area contributed by atoms with E-state index < -0.39 is 6.04 Å². The Balaban J connectivity index is 1.58. The Morgan fingerprint density at radius 2 is 2.24 bits per heavy atom. The van der Waals surface area contributed by atoms with E-state index in [2.05, 4.69) is 4.98 Å². The zero-order valence-corrected chi connectivity index (χ0v) is 14.9. The number of benzene rings is 1. The van der Waals surface area contributed by atoms with E-state index in [-0.39, 0.29) is 5.91 Å². The summed E-state index contributed by atoms with van der Waals surface area (Å²) in [5, 5.41) is 2.14. The first-order chi connectivity index (χ1) is 12.0. The molecular formula is C18H17Cl2N3O2. The Hall–Kier alpha value is -1.95. The van der Waals surface area contributed by atoms with Crippen LogP contribution in [-0.4, -0.2) is 28.4 Å². The number of furan rings is 1. The van der Waals surface area contributed by atoms with Gasteiger partial charge >= 0.3 is 0 Å². The average Bonchev–Trinajstić information content (AvgIpc) is 3.21. The molecule has 4 rings (SSSR count). The number of aromatic amines is 1. The van der Waals surface area contributed by atoms with Crippen molar-refractivity contribution in [2.24, 2.45) is 5.73 Å². The maximum atomic E-state index is 12.7. The van der Waals surface area contributed by atoms with Crippen molar-refractivity contribution in [3.05, 3.63) is 57.6 Å². The molecule has 0 spiro atoms. The van der Waals surface area contributed by atoms with Gasteiger partial charge in [-0.2, -0.15) is 0 Å². The molecule has 3 N–H and O–H groups in total. The SMILES string of the molecule is NC(Cc1ccoc1)C(=O)N1CCc2[nH]c3c(Cl)cc(Cl)cc3c2C1. The van der Waals surface area contributed by atoms with Crippen LogP contribution in [0.4, 0.5) is 0 Å². The zero-order valence-electron chi connectivity index (χ0n) is 13.4. The van der Waals surface area contributed by atoms with Crippen LogP contribution >= 0.6 is 23.2 Å². The first-order valence-corrected chi connectivity index (χ1v) is 8.82. The molecule has 3 aromatic rings. The van der Waals surface area contributed by atoms with Crippen LogP contribution in [0, 0.1) is 0 Å². The summed E-state index contributed by atoms with van der Waals surface area (Å²) < 4.78 is 5.04. The summed E-state index contributed by atoms with van der Waals surface area (Å²) >= 11 is 12.4. The molecule has 1 amide bonds. The second-order valence-electron chi connectivity index (χ2n) is 6.34. The average molecular weight is 378 g/mol. The summed E-state index contributed by atoms with van der Waals surface area (Å²) in [5.41, 5.74) is 10.1. The van der Waals surface area contributed by atoms with Crippen molar-refractivity contribution in [2.45, 2.75) is 25.4 Å². The fraction of sp³-hybridized carbons (Fsp3) is 0.278. The summed E-state index contributed by atoms with van der Waals surface area (Å²) in [4.78, 5) is 17.9. The number of halogens is 2. The lowest BCUT2D eigenvalue weighted by molar-refractivity contribution is -0.133. The minimum atomic E-state index is -0.587. The number of hydrogen-bond acceptors (Lipinski definition) is 3. The molecule has 0 fully saturated rings. The number of fused-ring (bicyclic) bond motifs is 3. The molecule has 0 saturated heterocycles. The third-order valence-corrected chi connectivity index (χ3v) is 5.18. The normalized spacial score (nSPS) is 15.4. The Kier molecular flexibility index (Phi) is 4.23. The van der Waals surface area contributed by atoms with Gasteiger partial charge in [-0.05, 0) is 30.2 Å². The first-order valence-electron chi connectivity index (χ1n) is 8.07. The lowest BCUT2D eigenvalue weighted by Crippen LogP contribution is -2.46. The van der Waals surface area contributed by atoms with Crippen molar-refractivity contribution in [3.8, 4) is 0 Å². The van der Waals surface area contributed by atoms with Crippen molar-refractivity contribution in [1.82, 2.24) is 9.88 Å². The summed E-state index contributed by atoms with van der Waals surface area (Å²) in [6.07, 6.45) is 4.40. The number of rotatable bonds is 3. The van der Waals surface area contributed by atoms with Gasteiger partial charge in [-0.3, -0.25) is 4.79 Å². The fourth-order valence-corrected chi connectivity index (χ4v) is 3.95. The highest BCUT2D eigenvalue weighted by atomic mass is 35.5. The van der Waals surface area contributed by atoms with Gasteiger partial charge in [0.15, 0.2) is 0 Å². The number of H-pyrrole nitrogens is 1. The van der Waals surface area contributed by atoms with Crippen LogP contribution in [0.1, 0.15) is 16.8 Å². The van der Waals surface area contributed by atoms with Gasteiger partial charge in [-0.25, -0.2) is 0 Å². The van der Waals surface area contributed by atoms with Crippen LogP contribution in [-0.2, 0) is 24.2 Å². The minimum Gasteiger partial charge on any atom is -0.472 e. The number of aromatic nitrogens is 1. The number of nitrogens with zero attached hydrogens (tertiary/aromatic N) is 1. The molecule has 5 nitrogen and oxygen atoms in total. The van der Waals surface area contributed by atoms with E-state index in [1.165, 1.54) is 0 Å². The zero-order chi connectivity index (χ0) is 17.6. The van der Waals surface area contributed by atoms with Gasteiger partial charge in [0.1, 0.15) is 0 Å². The molecule has 0 radical (unpaired) electrons. The van der Waals surface area contributed by atoms with Crippen molar-refractivity contribution < 1.29 is 9.21 Å². The Morgan fingerprint density at radius 1 is 1.40 bits per heavy atom. The highest BCUT2D eigenvalue weighted by molar-refractivity contribution is 6.38. The van der Waals surface area contributed by atoms with Crippen molar-refractivity contribution >= 4 is 40.0 Å². The highest BCUT2D eigenvalue weighted by Crippen LogP contribution is 2.34. The van der Waals surface area contributed by atoms with Gasteiger partial charge in [0.05, 0.1) is 29.1 Å². The molecule has 7 heteroatoms. The predicted octanol–water partition coefficient (Wildman–Crippen LogP) is 3.52. The molecule has 25 heavy (non-hydrogen) atoms. The van der Waals surface area contributed by atoms with Gasteiger partial charge in [0.25, 0.3) is 0 Å². The molecule has 130 valence electrons.